The smallest absolute Gasteiger partial charge is 0.387 e. The maximum Gasteiger partial charge on any atom is 0.387 e. The van der Waals surface area contributed by atoms with Crippen LogP contribution in [-0.4, -0.2) is 31.7 Å². The lowest BCUT2D eigenvalue weighted by Crippen LogP contribution is -2.47. The minimum Gasteiger partial charge on any atom is -0.435 e. The van der Waals surface area contributed by atoms with E-state index in [9.17, 15) is 13.6 Å². The van der Waals surface area contributed by atoms with Crippen LogP contribution in [0, 0.1) is 5.92 Å². The van der Waals surface area contributed by atoms with Gasteiger partial charge in [0.2, 0.25) is 5.91 Å². The largest absolute Gasteiger partial charge is 0.435 e. The van der Waals surface area contributed by atoms with Crippen molar-refractivity contribution in [3.8, 4) is 5.75 Å². The molecule has 1 aliphatic carbocycles. The summed E-state index contributed by atoms with van der Waals surface area (Å²) in [4.78, 5) is 14.2. The molecule has 2 aliphatic rings. The van der Waals surface area contributed by atoms with Gasteiger partial charge in [-0.15, -0.1) is 0 Å². The number of nitrogens with one attached hydrogen (secondary N) is 1. The van der Waals surface area contributed by atoms with Gasteiger partial charge in [-0.2, -0.15) is 8.78 Å². The molecule has 0 bridgehead atoms. The van der Waals surface area contributed by atoms with Gasteiger partial charge in [0.05, 0.1) is 0 Å². The first kappa shape index (κ1) is 16.0. The normalized spacial score (nSPS) is 19.5. The zero-order valence-corrected chi connectivity index (χ0v) is 13.0. The number of nitrogens with zero attached hydrogens (tertiary/aromatic N) is 1. The summed E-state index contributed by atoms with van der Waals surface area (Å²) in [6.45, 7) is -1.09. The lowest BCUT2D eigenvalue weighted by Gasteiger charge is -2.35. The first-order valence-electron chi connectivity index (χ1n) is 8.22. The monoisotopic (exact) mass is 324 g/mol. The van der Waals surface area contributed by atoms with E-state index in [1.807, 2.05) is 0 Å². The maximum absolute atomic E-state index is 12.1. The van der Waals surface area contributed by atoms with Gasteiger partial charge in [-0.1, -0.05) is 6.42 Å². The van der Waals surface area contributed by atoms with Crippen LogP contribution in [0.5, 0.6) is 5.75 Å². The van der Waals surface area contributed by atoms with E-state index in [0.717, 1.165) is 44.5 Å². The Labute approximate surface area is 134 Å². The van der Waals surface area contributed by atoms with Crippen LogP contribution in [0.3, 0.4) is 0 Å². The number of piperidine rings is 1. The Kier molecular flexibility index (Phi) is 4.98. The first-order valence-corrected chi connectivity index (χ1v) is 8.22. The van der Waals surface area contributed by atoms with E-state index in [2.05, 4.69) is 15.0 Å². The molecule has 23 heavy (non-hydrogen) atoms. The van der Waals surface area contributed by atoms with Crippen molar-refractivity contribution < 1.29 is 18.3 Å². The number of hydrogen-bond donors (Lipinski definition) is 1. The van der Waals surface area contributed by atoms with Crippen molar-refractivity contribution in [1.29, 1.82) is 0 Å². The molecule has 0 unspecified atom stereocenters. The van der Waals surface area contributed by atoms with E-state index in [4.69, 9.17) is 0 Å². The van der Waals surface area contributed by atoms with Crippen molar-refractivity contribution in [2.45, 2.75) is 44.8 Å². The number of hydrogen-bond acceptors (Lipinski definition) is 3. The van der Waals surface area contributed by atoms with Crippen molar-refractivity contribution in [1.82, 2.24) is 5.32 Å². The molecular formula is C17H22F2N2O2. The quantitative estimate of drug-likeness (QED) is 0.904. The topological polar surface area (TPSA) is 41.6 Å². The minimum atomic E-state index is -2.80. The lowest BCUT2D eigenvalue weighted by atomic mass is 9.84. The summed E-state index contributed by atoms with van der Waals surface area (Å²) in [5.74, 6) is 0.616. The fourth-order valence-electron chi connectivity index (χ4n) is 3.11. The van der Waals surface area contributed by atoms with Gasteiger partial charge in [0.25, 0.3) is 0 Å². The fourth-order valence-corrected chi connectivity index (χ4v) is 3.11. The predicted octanol–water partition coefficient (Wildman–Crippen LogP) is 3.17. The van der Waals surface area contributed by atoms with Crippen molar-refractivity contribution >= 4 is 11.6 Å². The van der Waals surface area contributed by atoms with Gasteiger partial charge >= 0.3 is 6.61 Å². The fraction of sp³-hybridized carbons (Fsp3) is 0.588. The molecule has 0 atom stereocenters. The summed E-state index contributed by atoms with van der Waals surface area (Å²) < 4.78 is 28.6. The maximum atomic E-state index is 12.1. The molecule has 1 heterocycles. The number of rotatable bonds is 5. The Morgan fingerprint density at radius 1 is 1.13 bits per heavy atom. The lowest BCUT2D eigenvalue weighted by molar-refractivity contribution is -0.128. The predicted molar refractivity (Wildman–Crippen MR) is 83.8 cm³/mol. The van der Waals surface area contributed by atoms with E-state index in [0.29, 0.717) is 0 Å². The Hall–Kier alpha value is -1.85. The molecule has 1 aromatic rings. The summed E-state index contributed by atoms with van der Waals surface area (Å²) in [7, 11) is 0. The zero-order chi connectivity index (χ0) is 16.2. The number of carbonyl (C=O) groups is 1. The van der Waals surface area contributed by atoms with Crippen LogP contribution in [-0.2, 0) is 4.79 Å². The molecule has 0 radical (unpaired) electrons. The molecule has 4 nitrogen and oxygen atoms in total. The third kappa shape index (κ3) is 4.12. The van der Waals surface area contributed by atoms with Gasteiger partial charge in [-0.05, 0) is 49.9 Å². The number of amides is 1. The van der Waals surface area contributed by atoms with Gasteiger partial charge in [0.15, 0.2) is 0 Å². The molecule has 3 rings (SSSR count). The van der Waals surface area contributed by atoms with Gasteiger partial charge < -0.3 is 15.0 Å². The van der Waals surface area contributed by atoms with Crippen molar-refractivity contribution in [2.75, 3.05) is 18.0 Å². The summed E-state index contributed by atoms with van der Waals surface area (Å²) in [5.41, 5.74) is 0.996. The summed E-state index contributed by atoms with van der Waals surface area (Å²) >= 11 is 0. The second-order valence-electron chi connectivity index (χ2n) is 6.27. The van der Waals surface area contributed by atoms with Gasteiger partial charge in [0.1, 0.15) is 5.75 Å². The molecule has 1 amide bonds. The molecule has 1 N–H and O–H groups in total. The molecule has 1 saturated heterocycles. The number of anilines is 1. The highest BCUT2D eigenvalue weighted by molar-refractivity contribution is 5.79. The van der Waals surface area contributed by atoms with E-state index in [-0.39, 0.29) is 23.6 Å². The number of carbonyl (C=O) groups excluding carboxylic acids is 1. The molecule has 6 heteroatoms. The average Bonchev–Trinajstić information content (AvgIpc) is 2.46. The van der Waals surface area contributed by atoms with E-state index in [1.54, 1.807) is 24.3 Å². The number of alkyl halides is 2. The molecule has 2 fully saturated rings. The van der Waals surface area contributed by atoms with E-state index < -0.39 is 6.61 Å². The van der Waals surface area contributed by atoms with Crippen LogP contribution >= 0.6 is 0 Å². The molecule has 0 aromatic heterocycles. The number of benzene rings is 1. The van der Waals surface area contributed by atoms with Gasteiger partial charge in [-0.3, -0.25) is 4.79 Å². The Morgan fingerprint density at radius 2 is 1.78 bits per heavy atom. The third-order valence-corrected chi connectivity index (χ3v) is 4.74. The van der Waals surface area contributed by atoms with Crippen LogP contribution in [0.25, 0.3) is 0 Å². The SMILES string of the molecule is O=C(NC1CCN(c2ccc(OC(F)F)cc2)CC1)C1CCC1. The molecular weight excluding hydrogens is 302 g/mol. The Morgan fingerprint density at radius 3 is 2.30 bits per heavy atom. The van der Waals surface area contributed by atoms with Crippen LogP contribution < -0.4 is 15.0 Å². The highest BCUT2D eigenvalue weighted by Crippen LogP contribution is 2.27. The summed E-state index contributed by atoms with van der Waals surface area (Å²) in [6.07, 6.45) is 5.04. The van der Waals surface area contributed by atoms with Crippen molar-refractivity contribution in [3.05, 3.63) is 24.3 Å². The standard InChI is InChI=1S/C17H22F2N2O2/c18-17(19)23-15-6-4-14(5-7-15)21-10-8-13(9-11-21)20-16(22)12-2-1-3-12/h4-7,12-13,17H,1-3,8-11H2,(H,20,22). The average molecular weight is 324 g/mol. The van der Waals surface area contributed by atoms with E-state index in [1.165, 1.54) is 6.42 Å². The molecule has 1 aromatic carbocycles. The molecule has 1 aliphatic heterocycles. The van der Waals surface area contributed by atoms with Crippen LogP contribution in [0.15, 0.2) is 24.3 Å². The summed E-state index contributed by atoms with van der Waals surface area (Å²) in [6, 6.07) is 6.97. The summed E-state index contributed by atoms with van der Waals surface area (Å²) in [5, 5.41) is 3.15. The molecule has 1 saturated carbocycles. The highest BCUT2D eigenvalue weighted by Gasteiger charge is 2.28. The van der Waals surface area contributed by atoms with Crippen LogP contribution in [0.1, 0.15) is 32.1 Å². The van der Waals surface area contributed by atoms with Gasteiger partial charge in [-0.25, -0.2) is 0 Å². The van der Waals surface area contributed by atoms with Crippen molar-refractivity contribution in [2.24, 2.45) is 5.92 Å². The zero-order valence-electron chi connectivity index (χ0n) is 13.0. The minimum absolute atomic E-state index is 0.173. The number of ether oxygens (including phenoxy) is 1. The van der Waals surface area contributed by atoms with Crippen molar-refractivity contribution in [3.63, 3.8) is 0 Å². The Balaban J connectivity index is 1.47. The number of halogens is 2. The van der Waals surface area contributed by atoms with E-state index >= 15 is 0 Å². The third-order valence-electron chi connectivity index (χ3n) is 4.74. The van der Waals surface area contributed by atoms with Crippen LogP contribution in [0.4, 0.5) is 14.5 Å². The molecule has 0 spiro atoms. The Bertz CT molecular complexity index is 524. The van der Waals surface area contributed by atoms with Gasteiger partial charge in [0, 0.05) is 30.7 Å². The molecule has 126 valence electrons. The first-order chi connectivity index (χ1) is 11.1. The van der Waals surface area contributed by atoms with Crippen LogP contribution in [0.2, 0.25) is 0 Å². The second kappa shape index (κ2) is 7.15. The second-order valence-corrected chi connectivity index (χ2v) is 6.27. The highest BCUT2D eigenvalue weighted by atomic mass is 19.3.